The van der Waals surface area contributed by atoms with Gasteiger partial charge in [0.1, 0.15) is 5.82 Å². The van der Waals surface area contributed by atoms with Gasteiger partial charge in [0.05, 0.1) is 24.9 Å². The van der Waals surface area contributed by atoms with Crippen LogP contribution in [0.15, 0.2) is 12.1 Å². The van der Waals surface area contributed by atoms with Crippen molar-refractivity contribution in [2.45, 2.75) is 44.2 Å². The van der Waals surface area contributed by atoms with Crippen LogP contribution in [-0.2, 0) is 0 Å². The summed E-state index contributed by atoms with van der Waals surface area (Å²) in [6, 6.07) is 3.64. The second-order valence-corrected chi connectivity index (χ2v) is 4.75. The van der Waals surface area contributed by atoms with Crippen molar-refractivity contribution in [2.75, 3.05) is 18.2 Å². The minimum absolute atomic E-state index is 0.0633. The molecule has 18 heavy (non-hydrogen) atoms. The number of nitrogens with one attached hydrogen (secondary N) is 1. The Hall–Kier alpha value is -1.49. The van der Waals surface area contributed by atoms with Crippen molar-refractivity contribution in [2.24, 2.45) is 0 Å². The summed E-state index contributed by atoms with van der Waals surface area (Å²) in [6.07, 6.45) is 4.93. The molecule has 0 aliphatic heterocycles. The van der Waals surface area contributed by atoms with Crippen LogP contribution in [0.1, 0.15) is 32.1 Å². The van der Waals surface area contributed by atoms with Crippen LogP contribution < -0.4 is 15.8 Å². The molecule has 5 heteroatoms. The van der Waals surface area contributed by atoms with E-state index in [4.69, 9.17) is 10.5 Å². The average molecular weight is 251 g/mol. The highest BCUT2D eigenvalue weighted by Crippen LogP contribution is 2.24. The first-order valence-corrected chi connectivity index (χ1v) is 6.46. The molecule has 4 N–H and O–H groups in total. The van der Waals surface area contributed by atoms with Gasteiger partial charge in [0.25, 0.3) is 0 Å². The summed E-state index contributed by atoms with van der Waals surface area (Å²) in [5.41, 5.74) is 6.24. The summed E-state index contributed by atoms with van der Waals surface area (Å²) >= 11 is 0. The zero-order chi connectivity index (χ0) is 13.0. The van der Waals surface area contributed by atoms with E-state index in [9.17, 15) is 5.11 Å². The lowest BCUT2D eigenvalue weighted by atomic mass is 10.1. The molecule has 1 aliphatic rings. The highest BCUT2D eigenvalue weighted by atomic mass is 16.5. The largest absolute Gasteiger partial charge is 0.479 e. The summed E-state index contributed by atoms with van der Waals surface area (Å²) < 4.78 is 5.09. The molecule has 1 fully saturated rings. The first-order valence-electron chi connectivity index (χ1n) is 6.46. The highest BCUT2D eigenvalue weighted by molar-refractivity contribution is 5.53. The van der Waals surface area contributed by atoms with Gasteiger partial charge in [-0.3, -0.25) is 0 Å². The quantitative estimate of drug-likeness (QED) is 0.713. The Morgan fingerprint density at radius 1 is 1.33 bits per heavy atom. The van der Waals surface area contributed by atoms with Crippen molar-refractivity contribution in [3.8, 4) is 5.88 Å². The first kappa shape index (κ1) is 13.0. The van der Waals surface area contributed by atoms with Gasteiger partial charge in [-0.2, -0.15) is 4.98 Å². The Balaban J connectivity index is 2.07. The molecule has 0 aromatic carbocycles. The number of aromatic nitrogens is 1. The van der Waals surface area contributed by atoms with Crippen molar-refractivity contribution < 1.29 is 9.84 Å². The Kier molecular flexibility index (Phi) is 4.25. The fraction of sp³-hybridized carbons (Fsp3) is 0.615. The number of methoxy groups -OCH3 is 1. The molecular weight excluding hydrogens is 230 g/mol. The molecule has 1 heterocycles. The third-order valence-corrected chi connectivity index (χ3v) is 3.40. The third kappa shape index (κ3) is 3.04. The van der Waals surface area contributed by atoms with Crippen LogP contribution in [0.3, 0.4) is 0 Å². The van der Waals surface area contributed by atoms with E-state index in [0.717, 1.165) is 25.7 Å². The maximum atomic E-state index is 10.0. The van der Waals surface area contributed by atoms with E-state index in [1.807, 2.05) is 6.07 Å². The van der Waals surface area contributed by atoms with Crippen molar-refractivity contribution in [1.82, 2.24) is 4.98 Å². The summed E-state index contributed by atoms with van der Waals surface area (Å²) in [5, 5.41) is 13.3. The van der Waals surface area contributed by atoms with Crippen molar-refractivity contribution in [3.05, 3.63) is 12.1 Å². The molecule has 2 atom stereocenters. The molecule has 5 nitrogen and oxygen atoms in total. The van der Waals surface area contributed by atoms with Gasteiger partial charge >= 0.3 is 0 Å². The molecule has 0 spiro atoms. The summed E-state index contributed by atoms with van der Waals surface area (Å²) in [5.74, 6) is 1.12. The van der Waals surface area contributed by atoms with E-state index in [0.29, 0.717) is 17.4 Å². The Bertz CT molecular complexity index is 398. The number of nitrogens with two attached hydrogens (primary N) is 1. The van der Waals surface area contributed by atoms with Gasteiger partial charge < -0.3 is 20.9 Å². The number of anilines is 2. The molecule has 100 valence electrons. The minimum atomic E-state index is -0.308. The number of nitrogen functional groups attached to an aromatic ring is 1. The van der Waals surface area contributed by atoms with Gasteiger partial charge in [0.2, 0.25) is 5.88 Å². The van der Waals surface area contributed by atoms with Crippen LogP contribution in [0.2, 0.25) is 0 Å². The molecule has 0 saturated heterocycles. The van der Waals surface area contributed by atoms with Crippen molar-refractivity contribution >= 4 is 11.5 Å². The van der Waals surface area contributed by atoms with E-state index in [1.54, 1.807) is 13.2 Å². The molecular formula is C13H21N3O2. The molecule has 1 saturated carbocycles. The lowest BCUT2D eigenvalue weighted by Crippen LogP contribution is -2.32. The van der Waals surface area contributed by atoms with E-state index in [1.165, 1.54) is 6.42 Å². The standard InChI is InChI=1S/C13H21N3O2/c1-18-13-9(14)7-8-12(16-13)15-10-5-3-2-4-6-11(10)17/h7-8,10-11,17H,2-6,14H2,1H3,(H,15,16). The van der Waals surface area contributed by atoms with Crippen LogP contribution in [0.25, 0.3) is 0 Å². The third-order valence-electron chi connectivity index (χ3n) is 3.40. The fourth-order valence-corrected chi connectivity index (χ4v) is 2.34. The first-order chi connectivity index (χ1) is 8.70. The zero-order valence-electron chi connectivity index (χ0n) is 10.7. The monoisotopic (exact) mass is 251 g/mol. The van der Waals surface area contributed by atoms with Gasteiger partial charge in [0.15, 0.2) is 0 Å². The Labute approximate surface area is 107 Å². The maximum Gasteiger partial charge on any atom is 0.238 e. The molecule has 2 rings (SSSR count). The Morgan fingerprint density at radius 3 is 2.89 bits per heavy atom. The fourth-order valence-electron chi connectivity index (χ4n) is 2.34. The van der Waals surface area contributed by atoms with E-state index in [-0.39, 0.29) is 12.1 Å². The van der Waals surface area contributed by atoms with Crippen LogP contribution in [0.4, 0.5) is 11.5 Å². The molecule has 2 unspecified atom stereocenters. The van der Waals surface area contributed by atoms with Crippen LogP contribution >= 0.6 is 0 Å². The van der Waals surface area contributed by atoms with Gasteiger partial charge in [0, 0.05) is 0 Å². The highest BCUT2D eigenvalue weighted by Gasteiger charge is 2.21. The van der Waals surface area contributed by atoms with Gasteiger partial charge in [-0.05, 0) is 25.0 Å². The van der Waals surface area contributed by atoms with Gasteiger partial charge in [-0.15, -0.1) is 0 Å². The minimum Gasteiger partial charge on any atom is -0.479 e. The summed E-state index contributed by atoms with van der Waals surface area (Å²) in [6.45, 7) is 0. The number of hydrogen-bond donors (Lipinski definition) is 3. The van der Waals surface area contributed by atoms with Crippen LogP contribution in [0, 0.1) is 0 Å². The Morgan fingerprint density at radius 2 is 2.11 bits per heavy atom. The summed E-state index contributed by atoms with van der Waals surface area (Å²) in [4.78, 5) is 4.28. The zero-order valence-corrected chi connectivity index (χ0v) is 10.7. The molecule has 0 bridgehead atoms. The van der Waals surface area contributed by atoms with Gasteiger partial charge in [-0.1, -0.05) is 19.3 Å². The second kappa shape index (κ2) is 5.91. The predicted molar refractivity (Wildman–Crippen MR) is 71.7 cm³/mol. The van der Waals surface area contributed by atoms with E-state index >= 15 is 0 Å². The van der Waals surface area contributed by atoms with Crippen molar-refractivity contribution in [3.63, 3.8) is 0 Å². The number of rotatable bonds is 3. The number of ether oxygens (including phenoxy) is 1. The number of pyridine rings is 1. The average Bonchev–Trinajstić information content (AvgIpc) is 2.57. The molecule has 1 aromatic rings. The lowest BCUT2D eigenvalue weighted by molar-refractivity contribution is 0.144. The normalized spacial score (nSPS) is 24.3. The van der Waals surface area contributed by atoms with Crippen LogP contribution in [0.5, 0.6) is 5.88 Å². The molecule has 0 radical (unpaired) electrons. The van der Waals surface area contributed by atoms with Gasteiger partial charge in [-0.25, -0.2) is 0 Å². The topological polar surface area (TPSA) is 80.4 Å². The van der Waals surface area contributed by atoms with E-state index in [2.05, 4.69) is 10.3 Å². The molecule has 1 aromatic heterocycles. The number of aliphatic hydroxyl groups excluding tert-OH is 1. The number of aliphatic hydroxyl groups is 1. The second-order valence-electron chi connectivity index (χ2n) is 4.75. The molecule has 0 amide bonds. The smallest absolute Gasteiger partial charge is 0.238 e. The van der Waals surface area contributed by atoms with Crippen LogP contribution in [-0.4, -0.2) is 29.3 Å². The maximum absolute atomic E-state index is 10.0. The lowest BCUT2D eigenvalue weighted by Gasteiger charge is -2.22. The van der Waals surface area contributed by atoms with E-state index < -0.39 is 0 Å². The number of hydrogen-bond acceptors (Lipinski definition) is 5. The summed E-state index contributed by atoms with van der Waals surface area (Å²) in [7, 11) is 1.54. The molecule has 1 aliphatic carbocycles. The van der Waals surface area contributed by atoms with Crippen molar-refractivity contribution in [1.29, 1.82) is 0 Å². The number of nitrogens with zero attached hydrogens (tertiary/aromatic N) is 1. The SMILES string of the molecule is COc1nc(NC2CCCCCC2O)ccc1N. The predicted octanol–water partition coefficient (Wildman–Crippen LogP) is 1.78.